The first kappa shape index (κ1) is 13.7. The van der Waals surface area contributed by atoms with Gasteiger partial charge in [-0.25, -0.2) is 0 Å². The SMILES string of the molecule is CN(CC1CC1)c1ccc(C(=N)N)c(C(F)(F)F)c1. The first-order chi connectivity index (χ1) is 8.79. The summed E-state index contributed by atoms with van der Waals surface area (Å²) in [6, 6.07) is 3.91. The summed E-state index contributed by atoms with van der Waals surface area (Å²) >= 11 is 0. The molecule has 2 rings (SSSR count). The topological polar surface area (TPSA) is 53.1 Å². The molecule has 0 radical (unpaired) electrons. The molecule has 0 aromatic heterocycles. The van der Waals surface area contributed by atoms with Crippen molar-refractivity contribution >= 4 is 11.5 Å². The number of hydrogen-bond donors (Lipinski definition) is 2. The van der Waals surface area contributed by atoms with Crippen LogP contribution in [0.5, 0.6) is 0 Å². The standard InChI is InChI=1S/C13H16F3N3/c1-19(7-8-2-3-8)9-4-5-10(12(17)18)11(6-9)13(14,15)16/h4-6,8H,2-3,7H2,1H3,(H3,17,18). The van der Waals surface area contributed by atoms with Crippen LogP contribution in [0.15, 0.2) is 18.2 Å². The molecule has 104 valence electrons. The van der Waals surface area contributed by atoms with Gasteiger partial charge in [-0.05, 0) is 37.0 Å². The largest absolute Gasteiger partial charge is 0.417 e. The van der Waals surface area contributed by atoms with E-state index < -0.39 is 17.6 Å². The molecule has 0 unspecified atom stereocenters. The van der Waals surface area contributed by atoms with Gasteiger partial charge in [0.2, 0.25) is 0 Å². The second kappa shape index (κ2) is 4.75. The van der Waals surface area contributed by atoms with Crippen molar-refractivity contribution in [3.63, 3.8) is 0 Å². The number of hydrogen-bond acceptors (Lipinski definition) is 2. The van der Waals surface area contributed by atoms with Gasteiger partial charge in [0.25, 0.3) is 0 Å². The van der Waals surface area contributed by atoms with Gasteiger partial charge in [0.05, 0.1) is 5.56 Å². The summed E-state index contributed by atoms with van der Waals surface area (Å²) in [6.07, 6.45) is -2.22. The van der Waals surface area contributed by atoms with E-state index in [1.807, 2.05) is 4.90 Å². The molecule has 1 aromatic carbocycles. The maximum atomic E-state index is 13.0. The molecule has 0 saturated heterocycles. The van der Waals surface area contributed by atoms with Crippen LogP contribution in [-0.2, 0) is 6.18 Å². The van der Waals surface area contributed by atoms with Crippen molar-refractivity contribution < 1.29 is 13.2 Å². The van der Waals surface area contributed by atoms with Crippen molar-refractivity contribution in [3.05, 3.63) is 29.3 Å². The lowest BCUT2D eigenvalue weighted by Crippen LogP contribution is -2.23. The van der Waals surface area contributed by atoms with E-state index >= 15 is 0 Å². The lowest BCUT2D eigenvalue weighted by molar-refractivity contribution is -0.137. The number of anilines is 1. The highest BCUT2D eigenvalue weighted by molar-refractivity contribution is 5.97. The van der Waals surface area contributed by atoms with E-state index in [-0.39, 0.29) is 5.56 Å². The zero-order valence-corrected chi connectivity index (χ0v) is 10.6. The molecule has 0 spiro atoms. The van der Waals surface area contributed by atoms with Crippen LogP contribution in [0.4, 0.5) is 18.9 Å². The fourth-order valence-corrected chi connectivity index (χ4v) is 2.03. The fraction of sp³-hybridized carbons (Fsp3) is 0.462. The molecule has 1 fully saturated rings. The summed E-state index contributed by atoms with van der Waals surface area (Å²) in [6.45, 7) is 0.761. The van der Waals surface area contributed by atoms with Gasteiger partial charge >= 0.3 is 6.18 Å². The molecular formula is C13H16F3N3. The van der Waals surface area contributed by atoms with E-state index in [1.165, 1.54) is 6.07 Å². The smallest absolute Gasteiger partial charge is 0.384 e. The van der Waals surface area contributed by atoms with Gasteiger partial charge in [0.1, 0.15) is 5.84 Å². The summed E-state index contributed by atoms with van der Waals surface area (Å²) in [4.78, 5) is 1.82. The molecule has 6 heteroatoms. The molecule has 1 aliphatic carbocycles. The van der Waals surface area contributed by atoms with E-state index in [2.05, 4.69) is 0 Å². The minimum absolute atomic E-state index is 0.268. The van der Waals surface area contributed by atoms with E-state index in [9.17, 15) is 13.2 Å². The second-order valence-electron chi connectivity index (χ2n) is 4.97. The van der Waals surface area contributed by atoms with Crippen LogP contribution in [0.25, 0.3) is 0 Å². The summed E-state index contributed by atoms with van der Waals surface area (Å²) in [7, 11) is 1.78. The number of alkyl halides is 3. The Balaban J connectivity index is 2.34. The first-order valence-electron chi connectivity index (χ1n) is 6.06. The normalized spacial score (nSPS) is 15.4. The molecule has 0 heterocycles. The summed E-state index contributed by atoms with van der Waals surface area (Å²) < 4.78 is 38.9. The number of nitrogens with one attached hydrogen (secondary N) is 1. The fourth-order valence-electron chi connectivity index (χ4n) is 2.03. The Morgan fingerprint density at radius 1 is 1.42 bits per heavy atom. The molecule has 3 N–H and O–H groups in total. The third-order valence-electron chi connectivity index (χ3n) is 3.27. The van der Waals surface area contributed by atoms with Crippen LogP contribution < -0.4 is 10.6 Å². The Morgan fingerprint density at radius 3 is 2.53 bits per heavy atom. The van der Waals surface area contributed by atoms with E-state index in [1.54, 1.807) is 13.1 Å². The lowest BCUT2D eigenvalue weighted by Gasteiger charge is -2.21. The van der Waals surface area contributed by atoms with Crippen molar-refractivity contribution in [1.82, 2.24) is 0 Å². The number of rotatable bonds is 4. The van der Waals surface area contributed by atoms with Gasteiger partial charge in [-0.15, -0.1) is 0 Å². The minimum Gasteiger partial charge on any atom is -0.384 e. The average molecular weight is 271 g/mol. The molecule has 1 aliphatic rings. The molecule has 0 aliphatic heterocycles. The highest BCUT2D eigenvalue weighted by atomic mass is 19.4. The van der Waals surface area contributed by atoms with Crippen LogP contribution in [-0.4, -0.2) is 19.4 Å². The Bertz CT molecular complexity index is 492. The third kappa shape index (κ3) is 3.19. The average Bonchev–Trinajstić information content (AvgIpc) is 3.10. The van der Waals surface area contributed by atoms with Crippen LogP contribution >= 0.6 is 0 Å². The summed E-state index contributed by atoms with van der Waals surface area (Å²) in [5.41, 5.74) is 4.59. The van der Waals surface area contributed by atoms with Crippen LogP contribution in [0.2, 0.25) is 0 Å². The van der Waals surface area contributed by atoms with Gasteiger partial charge < -0.3 is 10.6 Å². The number of halogens is 3. The number of nitrogens with two attached hydrogens (primary N) is 1. The van der Waals surface area contributed by atoms with Gasteiger partial charge in [-0.3, -0.25) is 5.41 Å². The summed E-state index contributed by atoms with van der Waals surface area (Å²) in [5, 5.41) is 7.22. The highest BCUT2D eigenvalue weighted by Gasteiger charge is 2.35. The molecule has 19 heavy (non-hydrogen) atoms. The second-order valence-corrected chi connectivity index (χ2v) is 4.97. The van der Waals surface area contributed by atoms with Gasteiger partial charge in [0, 0.05) is 24.8 Å². The highest BCUT2D eigenvalue weighted by Crippen LogP contribution is 2.36. The lowest BCUT2D eigenvalue weighted by atomic mass is 10.0. The molecule has 0 atom stereocenters. The molecule has 0 amide bonds. The number of nitrogen functional groups attached to an aromatic ring is 1. The Kier molecular flexibility index (Phi) is 3.43. The number of amidine groups is 1. The monoisotopic (exact) mass is 271 g/mol. The van der Waals surface area contributed by atoms with E-state index in [4.69, 9.17) is 11.1 Å². The molecule has 0 bridgehead atoms. The number of nitrogens with zero attached hydrogens (tertiary/aromatic N) is 1. The predicted octanol–water partition coefficient (Wildman–Crippen LogP) is 2.84. The molecule has 1 aromatic rings. The predicted molar refractivity (Wildman–Crippen MR) is 68.5 cm³/mol. The first-order valence-corrected chi connectivity index (χ1v) is 6.06. The van der Waals surface area contributed by atoms with Crippen molar-refractivity contribution in [2.24, 2.45) is 11.7 Å². The zero-order valence-electron chi connectivity index (χ0n) is 10.6. The Hall–Kier alpha value is -1.72. The maximum absolute atomic E-state index is 13.0. The van der Waals surface area contributed by atoms with Crippen molar-refractivity contribution in [2.45, 2.75) is 19.0 Å². The minimum atomic E-state index is -4.50. The van der Waals surface area contributed by atoms with E-state index in [0.717, 1.165) is 25.5 Å². The molecular weight excluding hydrogens is 255 g/mol. The van der Waals surface area contributed by atoms with Crippen LogP contribution in [0.1, 0.15) is 24.0 Å². The maximum Gasteiger partial charge on any atom is 0.417 e. The quantitative estimate of drug-likeness (QED) is 0.653. The molecule has 1 saturated carbocycles. The van der Waals surface area contributed by atoms with Crippen LogP contribution in [0.3, 0.4) is 0 Å². The van der Waals surface area contributed by atoms with Crippen molar-refractivity contribution in [3.8, 4) is 0 Å². The molecule has 3 nitrogen and oxygen atoms in total. The number of benzene rings is 1. The van der Waals surface area contributed by atoms with Crippen molar-refractivity contribution in [2.75, 3.05) is 18.5 Å². The van der Waals surface area contributed by atoms with Gasteiger partial charge in [-0.1, -0.05) is 0 Å². The summed E-state index contributed by atoms with van der Waals surface area (Å²) in [5.74, 6) is 0.0236. The Labute approximate surface area is 109 Å². The van der Waals surface area contributed by atoms with Gasteiger partial charge in [-0.2, -0.15) is 13.2 Å². The third-order valence-corrected chi connectivity index (χ3v) is 3.27. The van der Waals surface area contributed by atoms with Crippen LogP contribution in [0, 0.1) is 11.3 Å². The van der Waals surface area contributed by atoms with Gasteiger partial charge in [0.15, 0.2) is 0 Å². The zero-order chi connectivity index (χ0) is 14.2. The van der Waals surface area contributed by atoms with E-state index in [0.29, 0.717) is 11.6 Å². The Morgan fingerprint density at radius 2 is 2.05 bits per heavy atom. The van der Waals surface area contributed by atoms with Crippen molar-refractivity contribution in [1.29, 1.82) is 5.41 Å².